The van der Waals surface area contributed by atoms with Gasteiger partial charge in [-0.2, -0.15) is 0 Å². The Morgan fingerprint density at radius 2 is 0.955 bits per heavy atom. The summed E-state index contributed by atoms with van der Waals surface area (Å²) in [4.78, 5) is 8.98. The highest BCUT2D eigenvalue weighted by molar-refractivity contribution is 5.78. The van der Waals surface area contributed by atoms with E-state index in [1.807, 2.05) is 48.5 Å². The van der Waals surface area contributed by atoms with Crippen LogP contribution in [-0.4, -0.2) is 24.2 Å². The summed E-state index contributed by atoms with van der Waals surface area (Å²) in [5.41, 5.74) is 3.69. The number of ether oxygens (including phenoxy) is 2. The smallest absolute Gasteiger partial charge is 0.118 e. The van der Waals surface area contributed by atoms with Crippen molar-refractivity contribution in [3.63, 3.8) is 0 Å². The zero-order chi connectivity index (χ0) is 15.4. The average Bonchev–Trinajstić information content (AvgIpc) is 2.62. The van der Waals surface area contributed by atoms with E-state index in [4.69, 9.17) is 9.47 Å². The van der Waals surface area contributed by atoms with Gasteiger partial charge in [-0.1, -0.05) is 0 Å². The van der Waals surface area contributed by atoms with Gasteiger partial charge in [0, 0.05) is 23.5 Å². The maximum Gasteiger partial charge on any atom is 0.118 e. The predicted octanol–water partition coefficient (Wildman–Crippen LogP) is 3.83. The topological polar surface area (TPSA) is 44.2 Å². The maximum atomic E-state index is 5.20. The molecule has 0 saturated carbocycles. The molecule has 0 radical (unpaired) electrons. The van der Waals surface area contributed by atoms with E-state index in [2.05, 4.69) is 9.97 Å². The summed E-state index contributed by atoms with van der Waals surface area (Å²) in [6, 6.07) is 15.6. The molecular formula is C18H16N2O2. The van der Waals surface area contributed by atoms with Gasteiger partial charge in [0.2, 0.25) is 0 Å². The highest BCUT2D eigenvalue weighted by atomic mass is 16.5. The first-order chi connectivity index (χ1) is 10.8. The summed E-state index contributed by atoms with van der Waals surface area (Å²) in [7, 11) is 3.31. The molecule has 1 heterocycles. The van der Waals surface area contributed by atoms with Crippen molar-refractivity contribution in [2.24, 2.45) is 0 Å². The summed E-state index contributed by atoms with van der Waals surface area (Å²) >= 11 is 0. The van der Waals surface area contributed by atoms with Crippen LogP contribution in [0.5, 0.6) is 11.5 Å². The Kier molecular flexibility index (Phi) is 4.01. The Labute approximate surface area is 129 Å². The van der Waals surface area contributed by atoms with E-state index in [9.17, 15) is 0 Å². The standard InChI is InChI=1S/C18H16N2O2/c1-21-15-7-3-13(4-8-15)17-18(20-12-11-19-17)14-5-9-16(22-2)10-6-14/h3-12H,1-2H3. The van der Waals surface area contributed by atoms with Gasteiger partial charge in [-0.05, 0) is 48.5 Å². The van der Waals surface area contributed by atoms with Gasteiger partial charge in [-0.15, -0.1) is 0 Å². The molecule has 0 aliphatic heterocycles. The van der Waals surface area contributed by atoms with E-state index in [1.54, 1.807) is 26.6 Å². The normalized spacial score (nSPS) is 10.3. The number of aromatic nitrogens is 2. The van der Waals surface area contributed by atoms with Crippen molar-refractivity contribution in [1.29, 1.82) is 0 Å². The van der Waals surface area contributed by atoms with Crippen molar-refractivity contribution >= 4 is 0 Å². The van der Waals surface area contributed by atoms with Gasteiger partial charge in [0.05, 0.1) is 25.6 Å². The Bertz CT molecular complexity index is 686. The van der Waals surface area contributed by atoms with Gasteiger partial charge in [-0.25, -0.2) is 0 Å². The van der Waals surface area contributed by atoms with Crippen LogP contribution >= 0.6 is 0 Å². The number of nitrogens with zero attached hydrogens (tertiary/aromatic N) is 2. The lowest BCUT2D eigenvalue weighted by atomic mass is 10.0. The summed E-state index contributed by atoms with van der Waals surface area (Å²) in [5.74, 6) is 1.64. The lowest BCUT2D eigenvalue weighted by Crippen LogP contribution is -1.93. The van der Waals surface area contributed by atoms with Crippen LogP contribution in [-0.2, 0) is 0 Å². The molecule has 0 amide bonds. The zero-order valence-corrected chi connectivity index (χ0v) is 12.5. The quantitative estimate of drug-likeness (QED) is 0.733. The first kappa shape index (κ1) is 14.1. The maximum absolute atomic E-state index is 5.20. The molecule has 4 heteroatoms. The molecule has 0 atom stereocenters. The van der Waals surface area contributed by atoms with Crippen LogP contribution in [0.15, 0.2) is 60.9 Å². The van der Waals surface area contributed by atoms with Crippen molar-refractivity contribution in [3.8, 4) is 34.0 Å². The predicted molar refractivity (Wildman–Crippen MR) is 86.0 cm³/mol. The van der Waals surface area contributed by atoms with Crippen molar-refractivity contribution in [2.75, 3.05) is 14.2 Å². The molecule has 22 heavy (non-hydrogen) atoms. The Morgan fingerprint density at radius 3 is 1.27 bits per heavy atom. The third kappa shape index (κ3) is 2.76. The van der Waals surface area contributed by atoms with Crippen LogP contribution in [0.25, 0.3) is 22.5 Å². The molecule has 3 rings (SSSR count). The van der Waals surface area contributed by atoms with E-state index in [-0.39, 0.29) is 0 Å². The second kappa shape index (κ2) is 6.26. The van der Waals surface area contributed by atoms with Crippen LogP contribution in [0, 0.1) is 0 Å². The van der Waals surface area contributed by atoms with Crippen LogP contribution in [0.3, 0.4) is 0 Å². The molecule has 2 aromatic carbocycles. The van der Waals surface area contributed by atoms with Gasteiger partial charge < -0.3 is 9.47 Å². The van der Waals surface area contributed by atoms with Gasteiger partial charge in [0.25, 0.3) is 0 Å². The van der Waals surface area contributed by atoms with Crippen LogP contribution in [0.1, 0.15) is 0 Å². The molecule has 3 aromatic rings. The van der Waals surface area contributed by atoms with E-state index < -0.39 is 0 Å². The average molecular weight is 292 g/mol. The van der Waals surface area contributed by atoms with Crippen molar-refractivity contribution in [2.45, 2.75) is 0 Å². The number of hydrogen-bond acceptors (Lipinski definition) is 4. The molecule has 110 valence electrons. The summed E-state index contributed by atoms with van der Waals surface area (Å²) in [5, 5.41) is 0. The van der Waals surface area contributed by atoms with Gasteiger partial charge in [-0.3, -0.25) is 9.97 Å². The second-order valence-electron chi connectivity index (χ2n) is 4.71. The number of rotatable bonds is 4. The molecule has 0 N–H and O–H groups in total. The highest BCUT2D eigenvalue weighted by Crippen LogP contribution is 2.30. The molecule has 4 nitrogen and oxygen atoms in total. The highest BCUT2D eigenvalue weighted by Gasteiger charge is 2.10. The summed E-state index contributed by atoms with van der Waals surface area (Å²) in [6.07, 6.45) is 3.40. The fourth-order valence-corrected chi connectivity index (χ4v) is 2.26. The first-order valence-corrected chi connectivity index (χ1v) is 6.91. The molecule has 0 spiro atoms. The first-order valence-electron chi connectivity index (χ1n) is 6.91. The Hall–Kier alpha value is -2.88. The molecule has 0 saturated heterocycles. The Morgan fingerprint density at radius 1 is 0.591 bits per heavy atom. The summed E-state index contributed by atoms with van der Waals surface area (Å²) < 4.78 is 10.4. The minimum absolute atomic E-state index is 0.818. The van der Waals surface area contributed by atoms with Gasteiger partial charge in [0.1, 0.15) is 11.5 Å². The minimum atomic E-state index is 0.818. The summed E-state index contributed by atoms with van der Waals surface area (Å²) in [6.45, 7) is 0. The lowest BCUT2D eigenvalue weighted by Gasteiger charge is -2.09. The second-order valence-corrected chi connectivity index (χ2v) is 4.71. The Balaban J connectivity index is 2.04. The third-order valence-electron chi connectivity index (χ3n) is 3.43. The fraction of sp³-hybridized carbons (Fsp3) is 0.111. The molecule has 0 aliphatic rings. The van der Waals surface area contributed by atoms with Gasteiger partial charge >= 0.3 is 0 Å². The minimum Gasteiger partial charge on any atom is -0.497 e. The molecule has 0 aliphatic carbocycles. The SMILES string of the molecule is COc1ccc(-c2nccnc2-c2ccc(OC)cc2)cc1. The monoisotopic (exact) mass is 292 g/mol. The van der Waals surface area contributed by atoms with Crippen molar-refractivity contribution in [3.05, 3.63) is 60.9 Å². The van der Waals surface area contributed by atoms with Crippen molar-refractivity contribution < 1.29 is 9.47 Å². The molecular weight excluding hydrogens is 276 g/mol. The van der Waals surface area contributed by atoms with Crippen LogP contribution in [0.4, 0.5) is 0 Å². The molecule has 0 fully saturated rings. The molecule has 1 aromatic heterocycles. The van der Waals surface area contributed by atoms with Crippen LogP contribution in [0.2, 0.25) is 0 Å². The zero-order valence-electron chi connectivity index (χ0n) is 12.5. The lowest BCUT2D eigenvalue weighted by molar-refractivity contribution is 0.414. The van der Waals surface area contributed by atoms with E-state index >= 15 is 0 Å². The largest absolute Gasteiger partial charge is 0.497 e. The number of methoxy groups -OCH3 is 2. The third-order valence-corrected chi connectivity index (χ3v) is 3.43. The fourth-order valence-electron chi connectivity index (χ4n) is 2.26. The van der Waals surface area contributed by atoms with E-state index in [0.29, 0.717) is 0 Å². The number of benzene rings is 2. The van der Waals surface area contributed by atoms with E-state index in [1.165, 1.54) is 0 Å². The number of hydrogen-bond donors (Lipinski definition) is 0. The van der Waals surface area contributed by atoms with Crippen molar-refractivity contribution in [1.82, 2.24) is 9.97 Å². The van der Waals surface area contributed by atoms with Crippen LogP contribution < -0.4 is 9.47 Å². The van der Waals surface area contributed by atoms with Gasteiger partial charge in [0.15, 0.2) is 0 Å². The van der Waals surface area contributed by atoms with E-state index in [0.717, 1.165) is 34.0 Å². The molecule has 0 unspecified atom stereocenters. The molecule has 0 bridgehead atoms.